The number of hydrogen-bond donors (Lipinski definition) is 2. The van der Waals surface area contributed by atoms with Gasteiger partial charge < -0.3 is 20.4 Å². The molecule has 2 N–H and O–H groups in total. The van der Waals surface area contributed by atoms with Crippen LogP contribution in [0.25, 0.3) is 0 Å². The summed E-state index contributed by atoms with van der Waals surface area (Å²) in [5.41, 5.74) is 2.60. The Hall–Kier alpha value is -2.15. The van der Waals surface area contributed by atoms with Crippen LogP contribution in [-0.4, -0.2) is 59.4 Å². The molecule has 1 aromatic rings. The van der Waals surface area contributed by atoms with E-state index in [9.17, 15) is 9.59 Å². The van der Waals surface area contributed by atoms with Crippen molar-refractivity contribution in [2.24, 2.45) is 11.3 Å². The van der Waals surface area contributed by atoms with E-state index >= 15 is 0 Å². The van der Waals surface area contributed by atoms with E-state index in [0.717, 1.165) is 57.5 Å². The topological polar surface area (TPSA) is 77.6 Å². The van der Waals surface area contributed by atoms with Crippen molar-refractivity contribution in [3.63, 3.8) is 0 Å². The Morgan fingerprint density at radius 1 is 1.16 bits per heavy atom. The second kappa shape index (κ2) is 9.98. The first-order chi connectivity index (χ1) is 15.1. The van der Waals surface area contributed by atoms with Crippen molar-refractivity contribution in [2.75, 3.05) is 32.7 Å². The number of piperidine rings is 1. The van der Waals surface area contributed by atoms with Crippen molar-refractivity contribution in [2.45, 2.75) is 65.0 Å². The monoisotopic (exact) mass is 427 g/mol. The molecule has 3 heterocycles. The summed E-state index contributed by atoms with van der Waals surface area (Å²) in [5, 5.41) is 6.27. The van der Waals surface area contributed by atoms with Gasteiger partial charge in [-0.3, -0.25) is 9.78 Å². The van der Waals surface area contributed by atoms with Crippen molar-refractivity contribution in [1.29, 1.82) is 0 Å². The molecule has 2 fully saturated rings. The maximum Gasteiger partial charge on any atom is 0.318 e. The van der Waals surface area contributed by atoms with Crippen LogP contribution >= 0.6 is 0 Å². The molecule has 1 aliphatic carbocycles. The molecule has 3 aliphatic rings. The van der Waals surface area contributed by atoms with Crippen LogP contribution in [0.5, 0.6) is 0 Å². The molecule has 2 aliphatic heterocycles. The highest BCUT2D eigenvalue weighted by Gasteiger charge is 2.51. The molecule has 1 aromatic heterocycles. The summed E-state index contributed by atoms with van der Waals surface area (Å²) in [6.45, 7) is 8.16. The summed E-state index contributed by atoms with van der Waals surface area (Å²) >= 11 is 0. The largest absolute Gasteiger partial charge is 0.356 e. The Morgan fingerprint density at radius 3 is 2.74 bits per heavy atom. The highest BCUT2D eigenvalue weighted by atomic mass is 16.2. The normalized spacial score (nSPS) is 25.2. The minimum absolute atomic E-state index is 0.0131. The Kier molecular flexibility index (Phi) is 7.10. The molecule has 1 saturated carbocycles. The molecule has 0 radical (unpaired) electrons. The molecule has 7 heteroatoms. The molecule has 7 nitrogen and oxygen atoms in total. The van der Waals surface area contributed by atoms with Gasteiger partial charge in [-0.2, -0.15) is 0 Å². The van der Waals surface area contributed by atoms with Gasteiger partial charge >= 0.3 is 6.03 Å². The number of aromatic nitrogens is 1. The van der Waals surface area contributed by atoms with Gasteiger partial charge in [0.1, 0.15) is 0 Å². The number of hydrogen-bond acceptors (Lipinski definition) is 4. The van der Waals surface area contributed by atoms with E-state index in [1.165, 1.54) is 24.8 Å². The predicted octanol–water partition coefficient (Wildman–Crippen LogP) is 2.91. The maximum atomic E-state index is 12.6. The molecule has 31 heavy (non-hydrogen) atoms. The zero-order valence-electron chi connectivity index (χ0n) is 18.9. The summed E-state index contributed by atoms with van der Waals surface area (Å²) in [5.74, 6) is 0.684. The van der Waals surface area contributed by atoms with Crippen molar-refractivity contribution in [1.82, 2.24) is 25.4 Å². The smallest absolute Gasteiger partial charge is 0.318 e. The first-order valence-corrected chi connectivity index (χ1v) is 12.0. The Morgan fingerprint density at radius 2 is 1.97 bits per heavy atom. The summed E-state index contributed by atoms with van der Waals surface area (Å²) < 4.78 is 0. The Balaban J connectivity index is 1.12. The minimum atomic E-state index is 0.0131. The van der Waals surface area contributed by atoms with Crippen molar-refractivity contribution in [3.05, 3.63) is 29.6 Å². The van der Waals surface area contributed by atoms with E-state index in [1.807, 2.05) is 17.2 Å². The second-order valence-corrected chi connectivity index (χ2v) is 9.56. The second-order valence-electron chi connectivity index (χ2n) is 9.56. The van der Waals surface area contributed by atoms with Crippen LogP contribution in [0.3, 0.4) is 0 Å². The summed E-state index contributed by atoms with van der Waals surface area (Å²) in [6.07, 6.45) is 11.3. The fourth-order valence-electron chi connectivity index (χ4n) is 5.30. The molecular formula is C24H37N5O2. The standard InChI is InChI=1S/C24H37N5O2/c1-2-24(8-10-26-22(30)7-13-28-11-4-3-5-12-28)14-21(24)16-27-23(31)29-17-19-6-9-25-15-20(19)18-29/h6,9,15,21H,2-5,7-8,10-14,16-18H2,1H3,(H,26,30)(H,27,31). The van der Waals surface area contributed by atoms with E-state index in [4.69, 9.17) is 0 Å². The third-order valence-electron chi connectivity index (χ3n) is 7.63. The van der Waals surface area contributed by atoms with Crippen LogP contribution < -0.4 is 10.6 Å². The molecule has 170 valence electrons. The summed E-state index contributed by atoms with van der Waals surface area (Å²) in [4.78, 5) is 33.2. The fourth-order valence-corrected chi connectivity index (χ4v) is 5.30. The maximum absolute atomic E-state index is 12.6. The van der Waals surface area contributed by atoms with Gasteiger partial charge in [-0.1, -0.05) is 19.8 Å². The number of nitrogens with one attached hydrogen (secondary N) is 2. The number of carbonyl (C=O) groups is 2. The molecule has 0 aromatic carbocycles. The highest BCUT2D eigenvalue weighted by Crippen LogP contribution is 2.57. The van der Waals surface area contributed by atoms with Crippen molar-refractivity contribution >= 4 is 11.9 Å². The lowest BCUT2D eigenvalue weighted by Gasteiger charge is -2.26. The highest BCUT2D eigenvalue weighted by molar-refractivity contribution is 5.76. The van der Waals surface area contributed by atoms with Gasteiger partial charge in [-0.15, -0.1) is 0 Å². The lowest BCUT2D eigenvalue weighted by atomic mass is 9.95. The predicted molar refractivity (Wildman–Crippen MR) is 120 cm³/mol. The van der Waals surface area contributed by atoms with Gasteiger partial charge in [-0.25, -0.2) is 4.79 Å². The van der Waals surface area contributed by atoms with Gasteiger partial charge in [0.05, 0.1) is 0 Å². The van der Waals surface area contributed by atoms with Gasteiger partial charge in [0, 0.05) is 51.5 Å². The number of rotatable bonds is 9. The number of nitrogens with zero attached hydrogens (tertiary/aromatic N) is 3. The first-order valence-electron chi connectivity index (χ1n) is 12.0. The van der Waals surface area contributed by atoms with Crippen LogP contribution in [0.1, 0.15) is 63.0 Å². The van der Waals surface area contributed by atoms with E-state index in [0.29, 0.717) is 25.4 Å². The van der Waals surface area contributed by atoms with E-state index in [-0.39, 0.29) is 17.4 Å². The molecule has 0 spiro atoms. The quantitative estimate of drug-likeness (QED) is 0.635. The lowest BCUT2D eigenvalue weighted by Crippen LogP contribution is -2.38. The van der Waals surface area contributed by atoms with Gasteiger partial charge in [0.15, 0.2) is 0 Å². The van der Waals surface area contributed by atoms with Crippen LogP contribution in [0.2, 0.25) is 0 Å². The summed E-state index contributed by atoms with van der Waals surface area (Å²) in [7, 11) is 0. The minimum Gasteiger partial charge on any atom is -0.356 e. The van der Waals surface area contributed by atoms with Gasteiger partial charge in [0.2, 0.25) is 5.91 Å². The van der Waals surface area contributed by atoms with Crippen LogP contribution in [0.4, 0.5) is 4.79 Å². The molecule has 1 saturated heterocycles. The van der Waals surface area contributed by atoms with Crippen LogP contribution in [0, 0.1) is 11.3 Å². The van der Waals surface area contributed by atoms with E-state index < -0.39 is 0 Å². The molecule has 2 unspecified atom stereocenters. The number of carbonyl (C=O) groups excluding carboxylic acids is 2. The fraction of sp³-hybridized carbons (Fsp3) is 0.708. The number of amides is 3. The van der Waals surface area contributed by atoms with E-state index in [1.54, 1.807) is 6.20 Å². The average Bonchev–Trinajstić information content (AvgIpc) is 3.31. The van der Waals surface area contributed by atoms with Crippen LogP contribution in [-0.2, 0) is 17.9 Å². The molecule has 0 bridgehead atoms. The molecule has 3 amide bonds. The number of pyridine rings is 1. The summed E-state index contributed by atoms with van der Waals surface area (Å²) in [6, 6.07) is 2.01. The average molecular weight is 428 g/mol. The lowest BCUT2D eigenvalue weighted by molar-refractivity contribution is -0.121. The Labute approximate surface area is 186 Å². The Bertz CT molecular complexity index is 754. The number of fused-ring (bicyclic) bond motifs is 1. The molecule has 2 atom stereocenters. The number of likely N-dealkylation sites (tertiary alicyclic amines) is 1. The molecule has 4 rings (SSSR count). The van der Waals surface area contributed by atoms with Crippen LogP contribution in [0.15, 0.2) is 18.5 Å². The van der Waals surface area contributed by atoms with E-state index in [2.05, 4.69) is 27.4 Å². The molecular weight excluding hydrogens is 390 g/mol. The third kappa shape index (κ3) is 5.56. The van der Waals surface area contributed by atoms with Crippen molar-refractivity contribution in [3.8, 4) is 0 Å². The zero-order valence-corrected chi connectivity index (χ0v) is 18.9. The van der Waals surface area contributed by atoms with Crippen molar-refractivity contribution < 1.29 is 9.59 Å². The number of urea groups is 1. The third-order valence-corrected chi connectivity index (χ3v) is 7.63. The van der Waals surface area contributed by atoms with Gasteiger partial charge in [0.25, 0.3) is 0 Å². The SMILES string of the molecule is CCC1(CCNC(=O)CCN2CCCCC2)CC1CNC(=O)N1Cc2ccncc2C1. The first kappa shape index (κ1) is 22.1. The van der Waals surface area contributed by atoms with Gasteiger partial charge in [-0.05, 0) is 67.3 Å². The zero-order chi connectivity index (χ0) is 21.7.